The van der Waals surface area contributed by atoms with Crippen LogP contribution in [0, 0.1) is 0 Å². The third kappa shape index (κ3) is 3.55. The molecule has 1 amide bonds. The van der Waals surface area contributed by atoms with Gasteiger partial charge in [-0.1, -0.05) is 17.7 Å². The second-order valence-corrected chi connectivity index (χ2v) is 7.77. The average molecular weight is 463 g/mol. The molecule has 0 bridgehead atoms. The highest BCUT2D eigenvalue weighted by molar-refractivity contribution is 9.10. The molecule has 4 nitrogen and oxygen atoms in total. The van der Waals surface area contributed by atoms with Gasteiger partial charge in [-0.2, -0.15) is 5.10 Å². The van der Waals surface area contributed by atoms with E-state index in [0.29, 0.717) is 16.5 Å². The summed E-state index contributed by atoms with van der Waals surface area (Å²) in [5.41, 5.74) is 5.00. The second kappa shape index (κ2) is 7.50. The first-order valence-electron chi connectivity index (χ1n) is 8.28. The molecule has 0 unspecified atom stereocenters. The van der Waals surface area contributed by atoms with E-state index in [1.807, 2.05) is 36.4 Å². The molecule has 1 aliphatic rings. The van der Waals surface area contributed by atoms with Crippen molar-refractivity contribution in [1.29, 1.82) is 0 Å². The molecule has 2 heterocycles. The summed E-state index contributed by atoms with van der Waals surface area (Å²) in [4.78, 5) is 12.6. The van der Waals surface area contributed by atoms with Gasteiger partial charge >= 0.3 is 0 Å². The Bertz CT molecular complexity index is 1060. The number of nitrogens with one attached hydrogen (secondary N) is 1. The Morgan fingerprint density at radius 1 is 1.19 bits per heavy atom. The van der Waals surface area contributed by atoms with Gasteiger partial charge in [0.25, 0.3) is 5.91 Å². The molecule has 0 spiro atoms. The maximum Gasteiger partial charge on any atom is 0.256 e. The number of hydrogen-bond donors (Lipinski definition) is 1. The van der Waals surface area contributed by atoms with Gasteiger partial charge in [0, 0.05) is 22.2 Å². The lowest BCUT2D eigenvalue weighted by atomic mass is 10.0. The maximum atomic E-state index is 12.6. The highest BCUT2D eigenvalue weighted by Gasteiger charge is 2.25. The summed E-state index contributed by atoms with van der Waals surface area (Å²) in [6, 6.07) is 13.3. The molecular weight excluding hydrogens is 449 g/mol. The first kappa shape index (κ1) is 18.3. The summed E-state index contributed by atoms with van der Waals surface area (Å²) < 4.78 is 2.56. The number of anilines is 1. The Kier molecular flexibility index (Phi) is 5.08. The molecule has 0 fully saturated rings. The van der Waals surface area contributed by atoms with Crippen LogP contribution in [0.4, 0.5) is 5.69 Å². The molecule has 4 rings (SSSR count). The van der Waals surface area contributed by atoms with Crippen molar-refractivity contribution in [2.24, 2.45) is 0 Å². The van der Waals surface area contributed by atoms with Gasteiger partial charge < -0.3 is 5.32 Å². The van der Waals surface area contributed by atoms with E-state index in [4.69, 9.17) is 23.2 Å². The van der Waals surface area contributed by atoms with Crippen LogP contribution in [0.3, 0.4) is 0 Å². The third-order valence-corrected chi connectivity index (χ3v) is 5.41. The Morgan fingerprint density at radius 3 is 2.70 bits per heavy atom. The van der Waals surface area contributed by atoms with Gasteiger partial charge in [-0.05, 0) is 70.4 Å². The zero-order valence-corrected chi connectivity index (χ0v) is 17.1. The summed E-state index contributed by atoms with van der Waals surface area (Å²) in [6.45, 7) is 0. The third-order valence-electron chi connectivity index (χ3n) is 4.36. The molecule has 0 aliphatic carbocycles. The number of nitrogens with zero attached hydrogens (tertiary/aromatic N) is 2. The second-order valence-electron chi connectivity index (χ2n) is 6.10. The van der Waals surface area contributed by atoms with Gasteiger partial charge in [-0.25, -0.2) is 4.68 Å². The minimum atomic E-state index is -0.135. The van der Waals surface area contributed by atoms with Crippen LogP contribution in [-0.4, -0.2) is 21.6 Å². The van der Waals surface area contributed by atoms with Crippen LogP contribution >= 0.6 is 39.1 Å². The number of benzene rings is 2. The van der Waals surface area contributed by atoms with Crippen molar-refractivity contribution >= 4 is 62.4 Å². The largest absolute Gasteiger partial charge is 0.321 e. The summed E-state index contributed by atoms with van der Waals surface area (Å²) in [5.74, 6) is 0.400. The van der Waals surface area contributed by atoms with Gasteiger partial charge in [-0.3, -0.25) is 4.79 Å². The van der Waals surface area contributed by atoms with Gasteiger partial charge in [0.2, 0.25) is 0 Å². The van der Waals surface area contributed by atoms with Crippen molar-refractivity contribution in [3.8, 4) is 5.69 Å². The predicted octanol–water partition coefficient (Wildman–Crippen LogP) is 5.56. The minimum Gasteiger partial charge on any atom is -0.321 e. The van der Waals surface area contributed by atoms with Crippen LogP contribution in [0.25, 0.3) is 17.3 Å². The monoisotopic (exact) mass is 461 g/mol. The van der Waals surface area contributed by atoms with E-state index < -0.39 is 0 Å². The molecule has 1 aromatic heterocycles. The quantitative estimate of drug-likeness (QED) is 0.407. The Hall–Kier alpha value is -2.08. The fraction of sp³-hybridized carbons (Fsp3) is 0.100. The molecule has 0 radical (unpaired) electrons. The Balaban J connectivity index is 1.81. The number of carbonyl (C=O) groups excluding carboxylic acids is 1. The van der Waals surface area contributed by atoms with Crippen molar-refractivity contribution < 1.29 is 4.79 Å². The summed E-state index contributed by atoms with van der Waals surface area (Å²) in [6.07, 6.45) is 4.30. The van der Waals surface area contributed by atoms with E-state index >= 15 is 0 Å². The molecule has 0 saturated heterocycles. The lowest BCUT2D eigenvalue weighted by Crippen LogP contribution is -2.05. The van der Waals surface area contributed by atoms with Crippen LogP contribution in [0.1, 0.15) is 16.8 Å². The van der Waals surface area contributed by atoms with Gasteiger partial charge in [-0.15, -0.1) is 11.6 Å². The summed E-state index contributed by atoms with van der Waals surface area (Å²) >= 11 is 15.4. The van der Waals surface area contributed by atoms with Crippen LogP contribution < -0.4 is 5.32 Å². The first-order valence-corrected chi connectivity index (χ1v) is 9.99. The molecule has 27 heavy (non-hydrogen) atoms. The van der Waals surface area contributed by atoms with E-state index in [2.05, 4.69) is 26.3 Å². The number of rotatable bonds is 4. The van der Waals surface area contributed by atoms with Crippen LogP contribution in [-0.2, 0) is 11.2 Å². The Morgan fingerprint density at radius 2 is 1.96 bits per heavy atom. The topological polar surface area (TPSA) is 46.9 Å². The standard InChI is InChI=1S/C20H14BrCl2N3O/c21-17-11-24-26(14-4-2-13(23)3-5-14)19(17)10-16-15-9-12(7-8-22)1-6-18(15)25-20(16)27/h1-6,9-11H,7-8H2,(H,25,27). The molecule has 0 saturated carbocycles. The van der Waals surface area contributed by atoms with Crippen LogP contribution in [0.2, 0.25) is 5.02 Å². The zero-order valence-electron chi connectivity index (χ0n) is 14.0. The van der Waals surface area contributed by atoms with Gasteiger partial charge in [0.05, 0.1) is 27.6 Å². The molecule has 1 N–H and O–H groups in total. The first-order chi connectivity index (χ1) is 13.1. The van der Waals surface area contributed by atoms with Crippen molar-refractivity contribution in [2.75, 3.05) is 11.2 Å². The average Bonchev–Trinajstić information content (AvgIpc) is 3.17. The van der Waals surface area contributed by atoms with E-state index in [9.17, 15) is 4.79 Å². The zero-order chi connectivity index (χ0) is 19.0. The van der Waals surface area contributed by atoms with Crippen molar-refractivity contribution in [3.63, 3.8) is 0 Å². The molecule has 3 aromatic rings. The number of hydrogen-bond acceptors (Lipinski definition) is 2. The van der Waals surface area contributed by atoms with Crippen molar-refractivity contribution in [1.82, 2.24) is 9.78 Å². The highest BCUT2D eigenvalue weighted by Crippen LogP contribution is 2.35. The lowest BCUT2D eigenvalue weighted by Gasteiger charge is -2.07. The van der Waals surface area contributed by atoms with E-state index in [1.165, 1.54) is 0 Å². The van der Waals surface area contributed by atoms with E-state index in [1.54, 1.807) is 23.0 Å². The van der Waals surface area contributed by atoms with Crippen LogP contribution in [0.5, 0.6) is 0 Å². The molecule has 2 aromatic carbocycles. The minimum absolute atomic E-state index is 0.135. The fourth-order valence-corrected chi connectivity index (χ4v) is 3.75. The van der Waals surface area contributed by atoms with Crippen molar-refractivity contribution in [3.05, 3.63) is 75.0 Å². The number of fused-ring (bicyclic) bond motifs is 1. The van der Waals surface area contributed by atoms with Crippen LogP contribution in [0.15, 0.2) is 53.1 Å². The molecular formula is C20H14BrCl2N3O. The number of amides is 1. The molecule has 1 aliphatic heterocycles. The predicted molar refractivity (Wildman–Crippen MR) is 114 cm³/mol. The summed E-state index contributed by atoms with van der Waals surface area (Å²) in [7, 11) is 0. The van der Waals surface area contributed by atoms with E-state index in [-0.39, 0.29) is 5.91 Å². The Labute approximate surface area is 174 Å². The number of alkyl halides is 1. The smallest absolute Gasteiger partial charge is 0.256 e. The van der Waals surface area contributed by atoms with Crippen molar-refractivity contribution in [2.45, 2.75) is 6.42 Å². The number of aromatic nitrogens is 2. The van der Waals surface area contributed by atoms with Gasteiger partial charge in [0.1, 0.15) is 0 Å². The molecule has 7 heteroatoms. The fourth-order valence-electron chi connectivity index (χ4n) is 3.04. The summed E-state index contributed by atoms with van der Waals surface area (Å²) in [5, 5.41) is 7.98. The maximum absolute atomic E-state index is 12.6. The van der Waals surface area contributed by atoms with Gasteiger partial charge in [0.15, 0.2) is 0 Å². The number of halogens is 3. The number of carbonyl (C=O) groups is 1. The molecule has 0 atom stereocenters. The number of aryl methyl sites for hydroxylation is 1. The lowest BCUT2D eigenvalue weighted by molar-refractivity contribution is -0.110. The normalized spacial score (nSPS) is 14.5. The highest BCUT2D eigenvalue weighted by atomic mass is 79.9. The molecule has 136 valence electrons. The van der Waals surface area contributed by atoms with E-state index in [0.717, 1.165) is 39.1 Å². The SMILES string of the molecule is O=C1Nc2ccc(CCCl)cc2C1=Cc1c(Br)cnn1-c1ccc(Cl)cc1.